The Hall–Kier alpha value is -2.63. The van der Waals surface area contributed by atoms with Crippen LogP contribution in [0.15, 0.2) is 48.7 Å². The first-order valence-corrected chi connectivity index (χ1v) is 7.39. The van der Waals surface area contributed by atoms with E-state index in [1.54, 1.807) is 18.3 Å². The number of carbonyl (C=O) groups is 1. The van der Waals surface area contributed by atoms with Crippen molar-refractivity contribution in [1.82, 2.24) is 15.1 Å². The van der Waals surface area contributed by atoms with E-state index in [-0.39, 0.29) is 12.1 Å². The van der Waals surface area contributed by atoms with Crippen LogP contribution >= 0.6 is 0 Å². The second-order valence-corrected chi connectivity index (χ2v) is 5.36. The summed E-state index contributed by atoms with van der Waals surface area (Å²) in [5, 5.41) is 10.4. The number of urea groups is 1. The van der Waals surface area contributed by atoms with Crippen LogP contribution in [-0.4, -0.2) is 46.8 Å². The monoisotopic (exact) mass is 297 g/mol. The maximum atomic E-state index is 12.3. The minimum Gasteiger partial charge on any atom is -0.365 e. The van der Waals surface area contributed by atoms with E-state index in [0.29, 0.717) is 18.9 Å². The van der Waals surface area contributed by atoms with Crippen molar-refractivity contribution in [1.29, 1.82) is 0 Å². The predicted octanol–water partition coefficient (Wildman–Crippen LogP) is 2.22. The number of hydrogen-bond donors (Lipinski definition) is 1. The molecule has 1 N–H and O–H groups in total. The van der Waals surface area contributed by atoms with Crippen LogP contribution < -0.4 is 10.2 Å². The summed E-state index contributed by atoms with van der Waals surface area (Å²) in [6.45, 7) is 4.32. The molecule has 0 saturated carbocycles. The van der Waals surface area contributed by atoms with Gasteiger partial charge in [0.2, 0.25) is 0 Å². The molecule has 0 radical (unpaired) electrons. The van der Waals surface area contributed by atoms with Crippen LogP contribution in [0.4, 0.5) is 16.3 Å². The first-order chi connectivity index (χ1) is 10.7. The molecule has 2 amide bonds. The Labute approximate surface area is 129 Å². The van der Waals surface area contributed by atoms with E-state index in [9.17, 15) is 4.79 Å². The van der Waals surface area contributed by atoms with Gasteiger partial charge in [-0.3, -0.25) is 5.32 Å². The largest absolute Gasteiger partial charge is 0.365 e. The predicted molar refractivity (Wildman–Crippen MR) is 85.9 cm³/mol. The molecular weight excluding hydrogens is 278 g/mol. The highest BCUT2D eigenvalue weighted by Crippen LogP contribution is 2.20. The molecule has 2 heterocycles. The van der Waals surface area contributed by atoms with Gasteiger partial charge in [-0.25, -0.2) is 4.79 Å². The lowest BCUT2D eigenvalue weighted by Crippen LogP contribution is -2.54. The van der Waals surface area contributed by atoms with Gasteiger partial charge >= 0.3 is 6.03 Å². The zero-order valence-corrected chi connectivity index (χ0v) is 12.5. The van der Waals surface area contributed by atoms with Gasteiger partial charge in [-0.15, -0.1) is 5.10 Å². The van der Waals surface area contributed by atoms with Gasteiger partial charge in [0.25, 0.3) is 0 Å². The van der Waals surface area contributed by atoms with E-state index >= 15 is 0 Å². The SMILES string of the molecule is CC1CN(C(=O)Nc2cccnn2)CCN1c1ccccc1. The molecule has 3 rings (SSSR count). The Morgan fingerprint density at radius 1 is 1.18 bits per heavy atom. The molecule has 0 spiro atoms. The van der Waals surface area contributed by atoms with Crippen LogP contribution in [0, 0.1) is 0 Å². The van der Waals surface area contributed by atoms with Crippen molar-refractivity contribution < 1.29 is 4.79 Å². The zero-order chi connectivity index (χ0) is 15.4. The second kappa shape index (κ2) is 6.43. The molecule has 1 unspecified atom stereocenters. The van der Waals surface area contributed by atoms with Crippen molar-refractivity contribution in [2.75, 3.05) is 29.9 Å². The van der Waals surface area contributed by atoms with Crippen molar-refractivity contribution >= 4 is 17.5 Å². The van der Waals surface area contributed by atoms with Crippen LogP contribution in [0.5, 0.6) is 0 Å². The molecule has 1 saturated heterocycles. The van der Waals surface area contributed by atoms with E-state index in [4.69, 9.17) is 0 Å². The summed E-state index contributed by atoms with van der Waals surface area (Å²) in [5.74, 6) is 0.477. The molecule has 2 aromatic rings. The summed E-state index contributed by atoms with van der Waals surface area (Å²) in [7, 11) is 0. The Morgan fingerprint density at radius 2 is 2.00 bits per heavy atom. The Bertz CT molecular complexity index is 619. The van der Waals surface area contributed by atoms with Crippen molar-refractivity contribution in [2.45, 2.75) is 13.0 Å². The molecule has 1 fully saturated rings. The highest BCUT2D eigenvalue weighted by atomic mass is 16.2. The van der Waals surface area contributed by atoms with Gasteiger partial charge in [-0.1, -0.05) is 18.2 Å². The fourth-order valence-electron chi connectivity index (χ4n) is 2.70. The molecule has 1 atom stereocenters. The zero-order valence-electron chi connectivity index (χ0n) is 12.5. The Morgan fingerprint density at radius 3 is 2.68 bits per heavy atom. The maximum absolute atomic E-state index is 12.3. The number of hydrogen-bond acceptors (Lipinski definition) is 4. The van der Waals surface area contributed by atoms with E-state index in [1.807, 2.05) is 23.1 Å². The van der Waals surface area contributed by atoms with Gasteiger partial charge in [0, 0.05) is 37.6 Å². The van der Waals surface area contributed by atoms with Gasteiger partial charge in [0.1, 0.15) is 0 Å². The molecule has 114 valence electrons. The third kappa shape index (κ3) is 3.16. The molecule has 0 bridgehead atoms. The number of piperazine rings is 1. The molecule has 1 aliphatic heterocycles. The van der Waals surface area contributed by atoms with Gasteiger partial charge in [0.15, 0.2) is 5.82 Å². The molecule has 0 aliphatic carbocycles. The summed E-state index contributed by atoms with van der Waals surface area (Å²) < 4.78 is 0. The van der Waals surface area contributed by atoms with E-state index < -0.39 is 0 Å². The number of rotatable bonds is 2. The van der Waals surface area contributed by atoms with E-state index in [2.05, 4.69) is 39.5 Å². The third-order valence-corrected chi connectivity index (χ3v) is 3.81. The van der Waals surface area contributed by atoms with Crippen LogP contribution in [-0.2, 0) is 0 Å². The van der Waals surface area contributed by atoms with Crippen molar-refractivity contribution in [2.24, 2.45) is 0 Å². The quantitative estimate of drug-likeness (QED) is 0.923. The summed E-state index contributed by atoms with van der Waals surface area (Å²) in [4.78, 5) is 16.4. The Kier molecular flexibility index (Phi) is 4.18. The summed E-state index contributed by atoms with van der Waals surface area (Å²) >= 11 is 0. The number of nitrogens with zero attached hydrogens (tertiary/aromatic N) is 4. The number of amides is 2. The van der Waals surface area contributed by atoms with Gasteiger partial charge in [-0.2, -0.15) is 5.10 Å². The highest BCUT2D eigenvalue weighted by molar-refractivity contribution is 5.88. The maximum Gasteiger partial charge on any atom is 0.323 e. The standard InChI is InChI=1S/C16H19N5O/c1-13-12-20(16(22)18-15-8-5-9-17-19-15)10-11-21(13)14-6-3-2-4-7-14/h2-9,13H,10-12H2,1H3,(H,18,19,22). The molecular formula is C16H19N5O. The molecule has 1 aromatic carbocycles. The highest BCUT2D eigenvalue weighted by Gasteiger charge is 2.26. The fourth-order valence-corrected chi connectivity index (χ4v) is 2.70. The summed E-state index contributed by atoms with van der Waals surface area (Å²) in [6, 6.07) is 13.9. The molecule has 22 heavy (non-hydrogen) atoms. The summed E-state index contributed by atoms with van der Waals surface area (Å²) in [5.41, 5.74) is 1.20. The van der Waals surface area contributed by atoms with Crippen molar-refractivity contribution in [3.63, 3.8) is 0 Å². The molecule has 6 heteroatoms. The smallest absolute Gasteiger partial charge is 0.323 e. The summed E-state index contributed by atoms with van der Waals surface area (Å²) in [6.07, 6.45) is 1.58. The van der Waals surface area contributed by atoms with Crippen molar-refractivity contribution in [3.05, 3.63) is 48.7 Å². The van der Waals surface area contributed by atoms with Crippen LogP contribution in [0.1, 0.15) is 6.92 Å². The molecule has 1 aliphatic rings. The second-order valence-electron chi connectivity index (χ2n) is 5.36. The van der Waals surface area contributed by atoms with Crippen LogP contribution in [0.3, 0.4) is 0 Å². The van der Waals surface area contributed by atoms with Gasteiger partial charge < -0.3 is 9.80 Å². The minimum absolute atomic E-state index is 0.125. The fraction of sp³-hybridized carbons (Fsp3) is 0.312. The first-order valence-electron chi connectivity index (χ1n) is 7.39. The lowest BCUT2D eigenvalue weighted by atomic mass is 10.1. The van der Waals surface area contributed by atoms with Gasteiger partial charge in [-0.05, 0) is 31.2 Å². The number of aromatic nitrogens is 2. The van der Waals surface area contributed by atoms with E-state index in [0.717, 1.165) is 6.54 Å². The van der Waals surface area contributed by atoms with Crippen LogP contribution in [0.2, 0.25) is 0 Å². The molecule has 6 nitrogen and oxygen atoms in total. The van der Waals surface area contributed by atoms with E-state index in [1.165, 1.54) is 5.69 Å². The van der Waals surface area contributed by atoms with Crippen LogP contribution in [0.25, 0.3) is 0 Å². The Balaban J connectivity index is 1.61. The van der Waals surface area contributed by atoms with Gasteiger partial charge in [0.05, 0.1) is 0 Å². The number of anilines is 2. The average molecular weight is 297 g/mol. The number of nitrogens with one attached hydrogen (secondary N) is 1. The average Bonchev–Trinajstić information content (AvgIpc) is 2.56. The lowest BCUT2D eigenvalue weighted by Gasteiger charge is -2.41. The minimum atomic E-state index is -0.125. The first kappa shape index (κ1) is 14.3. The topological polar surface area (TPSA) is 61.4 Å². The lowest BCUT2D eigenvalue weighted by molar-refractivity contribution is 0.200. The number of para-hydroxylation sites is 1. The third-order valence-electron chi connectivity index (χ3n) is 3.81. The normalized spacial score (nSPS) is 18.1. The molecule has 1 aromatic heterocycles. The van der Waals surface area contributed by atoms with Crippen molar-refractivity contribution in [3.8, 4) is 0 Å². The number of carbonyl (C=O) groups excluding carboxylic acids is 1. The number of benzene rings is 1.